The second-order valence-corrected chi connectivity index (χ2v) is 3.62. The fourth-order valence-electron chi connectivity index (χ4n) is 1.56. The van der Waals surface area contributed by atoms with Gasteiger partial charge in [-0.3, -0.25) is 4.68 Å². The average molecular weight is 221 g/mol. The van der Waals surface area contributed by atoms with Crippen LogP contribution in [0, 0.1) is 5.82 Å². The third-order valence-corrected chi connectivity index (χ3v) is 2.38. The van der Waals surface area contributed by atoms with Crippen molar-refractivity contribution in [3.8, 4) is 0 Å². The lowest BCUT2D eigenvalue weighted by Crippen LogP contribution is -2.03. The minimum Gasteiger partial charge on any atom is -0.398 e. The van der Waals surface area contributed by atoms with Crippen LogP contribution in [0.5, 0.6) is 0 Å². The van der Waals surface area contributed by atoms with Gasteiger partial charge in [-0.25, -0.2) is 4.39 Å². The number of hydrogen-bond acceptors (Lipinski definition) is 3. The summed E-state index contributed by atoms with van der Waals surface area (Å²) < 4.78 is 14.4. The molecule has 0 radical (unpaired) electrons. The topological polar surface area (TPSA) is 64.1 Å². The Kier molecular flexibility index (Phi) is 2.62. The molecule has 1 aromatic carbocycles. The molecule has 1 atom stereocenters. The smallest absolute Gasteiger partial charge is 0.125 e. The lowest BCUT2D eigenvalue weighted by atomic mass is 10.0. The molecule has 16 heavy (non-hydrogen) atoms. The molecule has 1 heterocycles. The summed E-state index contributed by atoms with van der Waals surface area (Å²) in [6, 6.07) is 3.93. The first-order valence-corrected chi connectivity index (χ1v) is 4.79. The Labute approximate surface area is 92.1 Å². The van der Waals surface area contributed by atoms with Crippen LogP contribution in [-0.4, -0.2) is 14.9 Å². The number of nitrogen functional groups attached to an aromatic ring is 1. The summed E-state index contributed by atoms with van der Waals surface area (Å²) in [6.45, 7) is 0. The third-order valence-electron chi connectivity index (χ3n) is 2.38. The number of nitrogens with two attached hydrogens (primary N) is 1. The Morgan fingerprint density at radius 2 is 2.25 bits per heavy atom. The van der Waals surface area contributed by atoms with E-state index in [1.54, 1.807) is 24.1 Å². The van der Waals surface area contributed by atoms with Crippen LogP contribution in [0.25, 0.3) is 0 Å². The predicted octanol–water partition coefficient (Wildman–Crippen LogP) is 1.22. The van der Waals surface area contributed by atoms with Crippen LogP contribution in [0.4, 0.5) is 10.1 Å². The van der Waals surface area contributed by atoms with Crippen LogP contribution in [0.3, 0.4) is 0 Å². The summed E-state index contributed by atoms with van der Waals surface area (Å²) in [5.74, 6) is -0.417. The maximum absolute atomic E-state index is 12.8. The Balaban J connectivity index is 2.37. The number of benzene rings is 1. The molecule has 4 nitrogen and oxygen atoms in total. The molecule has 1 aromatic heterocycles. The van der Waals surface area contributed by atoms with Crippen LogP contribution >= 0.6 is 0 Å². The van der Waals surface area contributed by atoms with E-state index in [0.717, 1.165) is 0 Å². The highest BCUT2D eigenvalue weighted by molar-refractivity contribution is 5.50. The molecule has 1 unspecified atom stereocenters. The zero-order valence-corrected chi connectivity index (χ0v) is 8.76. The molecular weight excluding hydrogens is 209 g/mol. The maximum Gasteiger partial charge on any atom is 0.125 e. The van der Waals surface area contributed by atoms with Crippen molar-refractivity contribution in [3.05, 3.63) is 47.5 Å². The van der Waals surface area contributed by atoms with E-state index in [-0.39, 0.29) is 5.69 Å². The zero-order valence-electron chi connectivity index (χ0n) is 8.76. The van der Waals surface area contributed by atoms with Crippen molar-refractivity contribution in [2.24, 2.45) is 7.05 Å². The van der Waals surface area contributed by atoms with Gasteiger partial charge in [0, 0.05) is 30.1 Å². The quantitative estimate of drug-likeness (QED) is 0.749. The van der Waals surface area contributed by atoms with Gasteiger partial charge in [-0.2, -0.15) is 5.10 Å². The number of aryl methyl sites for hydroxylation is 1. The number of rotatable bonds is 2. The molecule has 0 saturated heterocycles. The molecule has 0 saturated carbocycles. The molecule has 0 aliphatic heterocycles. The first-order chi connectivity index (χ1) is 7.58. The molecule has 0 aliphatic carbocycles. The molecule has 0 amide bonds. The number of aliphatic hydroxyl groups is 1. The molecule has 84 valence electrons. The summed E-state index contributed by atoms with van der Waals surface area (Å²) in [4.78, 5) is 0. The Hall–Kier alpha value is -1.88. The van der Waals surface area contributed by atoms with Crippen LogP contribution in [-0.2, 0) is 7.05 Å². The number of aliphatic hydroxyl groups excluding tert-OH is 1. The van der Waals surface area contributed by atoms with Gasteiger partial charge < -0.3 is 10.8 Å². The Morgan fingerprint density at radius 1 is 1.50 bits per heavy atom. The average Bonchev–Trinajstić information content (AvgIpc) is 2.64. The monoisotopic (exact) mass is 221 g/mol. The number of halogens is 1. The summed E-state index contributed by atoms with van der Waals surface area (Å²) in [5.41, 5.74) is 6.98. The van der Waals surface area contributed by atoms with E-state index in [4.69, 9.17) is 5.73 Å². The highest BCUT2D eigenvalue weighted by Crippen LogP contribution is 2.26. The van der Waals surface area contributed by atoms with Crippen molar-refractivity contribution in [2.75, 3.05) is 5.73 Å². The van der Waals surface area contributed by atoms with E-state index in [2.05, 4.69) is 5.10 Å². The fourth-order valence-corrected chi connectivity index (χ4v) is 1.56. The third kappa shape index (κ3) is 1.90. The van der Waals surface area contributed by atoms with Gasteiger partial charge in [0.25, 0.3) is 0 Å². The van der Waals surface area contributed by atoms with Crippen LogP contribution in [0.2, 0.25) is 0 Å². The van der Waals surface area contributed by atoms with Crippen molar-refractivity contribution < 1.29 is 9.50 Å². The second-order valence-electron chi connectivity index (χ2n) is 3.62. The molecule has 0 bridgehead atoms. The number of hydrogen-bond donors (Lipinski definition) is 2. The van der Waals surface area contributed by atoms with Gasteiger partial charge in [-0.05, 0) is 12.1 Å². The van der Waals surface area contributed by atoms with E-state index in [1.165, 1.54) is 18.2 Å². The van der Waals surface area contributed by atoms with Gasteiger partial charge in [0.2, 0.25) is 0 Å². The van der Waals surface area contributed by atoms with Gasteiger partial charge in [-0.1, -0.05) is 6.07 Å². The van der Waals surface area contributed by atoms with E-state index in [0.29, 0.717) is 11.1 Å². The normalized spacial score (nSPS) is 12.7. The van der Waals surface area contributed by atoms with Crippen molar-refractivity contribution in [1.29, 1.82) is 0 Å². The van der Waals surface area contributed by atoms with Gasteiger partial charge in [0.1, 0.15) is 11.9 Å². The minimum atomic E-state index is -0.880. The molecule has 0 fully saturated rings. The zero-order chi connectivity index (χ0) is 11.7. The first kappa shape index (κ1) is 10.6. The number of aromatic nitrogens is 2. The molecule has 2 rings (SSSR count). The van der Waals surface area contributed by atoms with Crippen LogP contribution in [0.15, 0.2) is 30.6 Å². The van der Waals surface area contributed by atoms with E-state index in [9.17, 15) is 9.50 Å². The van der Waals surface area contributed by atoms with Gasteiger partial charge >= 0.3 is 0 Å². The lowest BCUT2D eigenvalue weighted by molar-refractivity contribution is 0.221. The molecule has 0 aliphatic rings. The highest BCUT2D eigenvalue weighted by atomic mass is 19.1. The van der Waals surface area contributed by atoms with E-state index in [1.807, 2.05) is 0 Å². The van der Waals surface area contributed by atoms with Crippen molar-refractivity contribution in [3.63, 3.8) is 0 Å². The van der Waals surface area contributed by atoms with Crippen molar-refractivity contribution in [2.45, 2.75) is 6.10 Å². The van der Waals surface area contributed by atoms with Crippen LogP contribution in [0.1, 0.15) is 17.2 Å². The first-order valence-electron chi connectivity index (χ1n) is 4.79. The molecule has 5 heteroatoms. The Bertz CT molecular complexity index is 510. The number of anilines is 1. The predicted molar refractivity (Wildman–Crippen MR) is 58.1 cm³/mol. The molecular formula is C11H12FN3O. The molecule has 3 N–H and O–H groups in total. The SMILES string of the molecule is Cn1cc(C(O)c2ccc(F)cc2N)cn1. The lowest BCUT2D eigenvalue weighted by Gasteiger charge is -2.11. The van der Waals surface area contributed by atoms with E-state index >= 15 is 0 Å². The Morgan fingerprint density at radius 3 is 2.81 bits per heavy atom. The summed E-state index contributed by atoms with van der Waals surface area (Å²) in [5, 5.41) is 14.0. The number of nitrogens with zero attached hydrogens (tertiary/aromatic N) is 2. The standard InChI is InChI=1S/C11H12FN3O/c1-15-6-7(5-14-15)11(16)9-3-2-8(12)4-10(9)13/h2-6,11,16H,13H2,1H3. The largest absolute Gasteiger partial charge is 0.398 e. The van der Waals surface area contributed by atoms with Gasteiger partial charge in [0.15, 0.2) is 0 Å². The maximum atomic E-state index is 12.8. The second kappa shape index (κ2) is 3.94. The summed E-state index contributed by atoms with van der Waals surface area (Å²) in [7, 11) is 1.75. The van der Waals surface area contributed by atoms with Crippen molar-refractivity contribution in [1.82, 2.24) is 9.78 Å². The minimum absolute atomic E-state index is 0.233. The highest BCUT2D eigenvalue weighted by Gasteiger charge is 2.15. The van der Waals surface area contributed by atoms with Crippen molar-refractivity contribution >= 4 is 5.69 Å². The molecule has 2 aromatic rings. The van der Waals surface area contributed by atoms with Crippen LogP contribution < -0.4 is 5.73 Å². The van der Waals surface area contributed by atoms with Gasteiger partial charge in [-0.15, -0.1) is 0 Å². The summed E-state index contributed by atoms with van der Waals surface area (Å²) in [6.07, 6.45) is 2.36. The van der Waals surface area contributed by atoms with E-state index < -0.39 is 11.9 Å². The summed E-state index contributed by atoms with van der Waals surface area (Å²) >= 11 is 0. The molecule has 0 spiro atoms. The fraction of sp³-hybridized carbons (Fsp3) is 0.182. The van der Waals surface area contributed by atoms with Gasteiger partial charge in [0.05, 0.1) is 6.20 Å².